The van der Waals surface area contributed by atoms with Crippen LogP contribution in [0.1, 0.15) is 37.0 Å². The van der Waals surface area contributed by atoms with Gasteiger partial charge in [0, 0.05) is 7.05 Å². The predicted molar refractivity (Wildman–Crippen MR) is 66.3 cm³/mol. The highest BCUT2D eigenvalue weighted by molar-refractivity contribution is 5.95. The zero-order valence-electron chi connectivity index (χ0n) is 11.3. The topological polar surface area (TPSA) is 84.2 Å². The van der Waals surface area contributed by atoms with E-state index in [1.165, 1.54) is 4.68 Å². The van der Waals surface area contributed by atoms with Crippen LogP contribution in [-0.4, -0.2) is 32.8 Å². The van der Waals surface area contributed by atoms with E-state index in [0.717, 1.165) is 0 Å². The van der Waals surface area contributed by atoms with Crippen LogP contribution >= 0.6 is 0 Å². The number of aromatic nitrogens is 2. The van der Waals surface area contributed by atoms with E-state index in [1.807, 2.05) is 0 Å². The first-order valence-electron chi connectivity index (χ1n) is 5.67. The molecule has 0 unspecified atom stereocenters. The molecule has 0 aliphatic rings. The minimum Gasteiger partial charge on any atom is -0.480 e. The SMILES string of the molecule is Cc1cc(C(=O)N[C@@H](C(=O)O)C(C)(C)C)n(C)n1. The van der Waals surface area contributed by atoms with Crippen molar-refractivity contribution < 1.29 is 14.7 Å². The molecule has 0 bridgehead atoms. The molecule has 0 aliphatic heterocycles. The van der Waals surface area contributed by atoms with Crippen molar-refractivity contribution in [3.8, 4) is 0 Å². The molecule has 2 N–H and O–H groups in total. The van der Waals surface area contributed by atoms with Gasteiger partial charge in [-0.05, 0) is 18.4 Å². The Morgan fingerprint density at radius 3 is 2.33 bits per heavy atom. The van der Waals surface area contributed by atoms with Crippen LogP contribution in [0, 0.1) is 12.3 Å². The van der Waals surface area contributed by atoms with Gasteiger partial charge in [-0.2, -0.15) is 5.10 Å². The molecule has 1 atom stereocenters. The molecule has 1 rings (SSSR count). The van der Waals surface area contributed by atoms with Crippen LogP contribution in [0.5, 0.6) is 0 Å². The van der Waals surface area contributed by atoms with Gasteiger partial charge in [-0.1, -0.05) is 20.8 Å². The van der Waals surface area contributed by atoms with Gasteiger partial charge in [-0.15, -0.1) is 0 Å². The molecule has 0 radical (unpaired) electrons. The molecule has 1 amide bonds. The second kappa shape index (κ2) is 4.80. The standard InChI is InChI=1S/C12H19N3O3/c1-7-6-8(15(5)14-7)10(16)13-9(11(17)18)12(2,3)4/h6,9H,1-5H3,(H,13,16)(H,17,18)/t9-/m0/s1. The first kappa shape index (κ1) is 14.2. The number of aliphatic carboxylic acids is 1. The van der Waals surface area contributed by atoms with Crippen molar-refractivity contribution in [2.75, 3.05) is 0 Å². The first-order valence-corrected chi connectivity index (χ1v) is 5.67. The Kier molecular flexibility index (Phi) is 3.79. The second-order valence-electron chi connectivity index (χ2n) is 5.41. The maximum absolute atomic E-state index is 12.0. The normalized spacial score (nSPS) is 13.2. The monoisotopic (exact) mass is 253 g/mol. The molecular formula is C12H19N3O3. The predicted octanol–water partition coefficient (Wildman–Crippen LogP) is 0.958. The molecule has 0 aliphatic carbocycles. The van der Waals surface area contributed by atoms with Crippen molar-refractivity contribution in [1.29, 1.82) is 0 Å². The number of aryl methyl sites for hydroxylation is 2. The number of amides is 1. The molecule has 0 spiro atoms. The fourth-order valence-corrected chi connectivity index (χ4v) is 1.68. The Hall–Kier alpha value is -1.85. The lowest BCUT2D eigenvalue weighted by molar-refractivity contribution is -0.142. The van der Waals surface area contributed by atoms with Crippen molar-refractivity contribution in [2.45, 2.75) is 33.7 Å². The summed E-state index contributed by atoms with van der Waals surface area (Å²) in [5, 5.41) is 15.7. The summed E-state index contributed by atoms with van der Waals surface area (Å²) in [5.41, 5.74) is 0.503. The van der Waals surface area contributed by atoms with E-state index < -0.39 is 23.3 Å². The largest absolute Gasteiger partial charge is 0.480 e. The second-order valence-corrected chi connectivity index (χ2v) is 5.41. The minimum atomic E-state index is -1.05. The summed E-state index contributed by atoms with van der Waals surface area (Å²) in [5.74, 6) is -1.48. The summed E-state index contributed by atoms with van der Waals surface area (Å²) >= 11 is 0. The Morgan fingerprint density at radius 1 is 1.44 bits per heavy atom. The maximum atomic E-state index is 12.0. The molecular weight excluding hydrogens is 234 g/mol. The Bertz CT molecular complexity index is 471. The molecule has 0 fully saturated rings. The van der Waals surface area contributed by atoms with Gasteiger partial charge in [0.05, 0.1) is 5.69 Å². The minimum absolute atomic E-state index is 0.350. The number of nitrogens with zero attached hydrogens (tertiary/aromatic N) is 2. The third kappa shape index (κ3) is 3.09. The van der Waals surface area contributed by atoms with Crippen LogP contribution < -0.4 is 5.32 Å². The number of nitrogens with one attached hydrogen (secondary N) is 1. The van der Waals surface area contributed by atoms with Gasteiger partial charge in [0.2, 0.25) is 0 Å². The molecule has 0 saturated heterocycles. The zero-order chi connectivity index (χ0) is 14.1. The summed E-state index contributed by atoms with van der Waals surface area (Å²) in [4.78, 5) is 23.2. The fraction of sp³-hybridized carbons (Fsp3) is 0.583. The number of carboxylic acid groups (broad SMARTS) is 1. The van der Waals surface area contributed by atoms with E-state index in [2.05, 4.69) is 10.4 Å². The number of carbonyl (C=O) groups excluding carboxylic acids is 1. The maximum Gasteiger partial charge on any atom is 0.326 e. The van der Waals surface area contributed by atoms with E-state index in [1.54, 1.807) is 40.8 Å². The first-order chi connectivity index (χ1) is 8.12. The Morgan fingerprint density at radius 2 is 2.00 bits per heavy atom. The van der Waals surface area contributed by atoms with Gasteiger partial charge in [0.25, 0.3) is 5.91 Å². The van der Waals surface area contributed by atoms with Crippen LogP contribution in [0.2, 0.25) is 0 Å². The van der Waals surface area contributed by atoms with E-state index in [9.17, 15) is 9.59 Å². The van der Waals surface area contributed by atoms with Gasteiger partial charge in [0.1, 0.15) is 11.7 Å². The van der Waals surface area contributed by atoms with Crippen LogP contribution in [0.25, 0.3) is 0 Å². The van der Waals surface area contributed by atoms with Crippen LogP contribution in [0.3, 0.4) is 0 Å². The summed E-state index contributed by atoms with van der Waals surface area (Å²) < 4.78 is 1.44. The Balaban J connectivity index is 2.93. The molecule has 1 aromatic rings. The molecule has 6 nitrogen and oxygen atoms in total. The molecule has 0 saturated carbocycles. The number of rotatable bonds is 3. The highest BCUT2D eigenvalue weighted by atomic mass is 16.4. The number of carboxylic acids is 1. The number of hydrogen-bond donors (Lipinski definition) is 2. The van der Waals surface area contributed by atoms with Crippen molar-refractivity contribution in [3.05, 3.63) is 17.5 Å². The molecule has 1 aromatic heterocycles. The van der Waals surface area contributed by atoms with E-state index in [4.69, 9.17) is 5.11 Å². The van der Waals surface area contributed by atoms with Gasteiger partial charge in [0.15, 0.2) is 0 Å². The van der Waals surface area contributed by atoms with Gasteiger partial charge in [-0.3, -0.25) is 9.48 Å². The van der Waals surface area contributed by atoms with Crippen LogP contribution in [0.4, 0.5) is 0 Å². The van der Waals surface area contributed by atoms with Crippen molar-refractivity contribution in [2.24, 2.45) is 12.5 Å². The average molecular weight is 253 g/mol. The lowest BCUT2D eigenvalue weighted by Crippen LogP contribution is -2.49. The van der Waals surface area contributed by atoms with Crippen molar-refractivity contribution in [3.63, 3.8) is 0 Å². The quantitative estimate of drug-likeness (QED) is 0.840. The summed E-state index contributed by atoms with van der Waals surface area (Å²) in [6.07, 6.45) is 0. The number of hydrogen-bond acceptors (Lipinski definition) is 3. The summed E-state index contributed by atoms with van der Waals surface area (Å²) in [6.45, 7) is 7.07. The van der Waals surface area contributed by atoms with Gasteiger partial charge in [-0.25, -0.2) is 4.79 Å². The lowest BCUT2D eigenvalue weighted by atomic mass is 9.86. The smallest absolute Gasteiger partial charge is 0.326 e. The van der Waals surface area contributed by atoms with E-state index in [-0.39, 0.29) is 0 Å². The molecule has 0 aromatic carbocycles. The van der Waals surface area contributed by atoms with E-state index >= 15 is 0 Å². The third-order valence-electron chi connectivity index (χ3n) is 2.62. The summed E-state index contributed by atoms with van der Waals surface area (Å²) in [6, 6.07) is 0.678. The van der Waals surface area contributed by atoms with Gasteiger partial charge >= 0.3 is 5.97 Å². The zero-order valence-corrected chi connectivity index (χ0v) is 11.3. The highest BCUT2D eigenvalue weighted by Crippen LogP contribution is 2.20. The van der Waals surface area contributed by atoms with Crippen LogP contribution in [0.15, 0.2) is 6.07 Å². The molecule has 18 heavy (non-hydrogen) atoms. The fourth-order valence-electron chi connectivity index (χ4n) is 1.68. The van der Waals surface area contributed by atoms with Gasteiger partial charge < -0.3 is 10.4 Å². The average Bonchev–Trinajstić information content (AvgIpc) is 2.51. The Labute approximate surface area is 106 Å². The number of carbonyl (C=O) groups is 2. The molecule has 1 heterocycles. The molecule has 100 valence electrons. The lowest BCUT2D eigenvalue weighted by Gasteiger charge is -2.27. The van der Waals surface area contributed by atoms with E-state index in [0.29, 0.717) is 11.4 Å². The highest BCUT2D eigenvalue weighted by Gasteiger charge is 2.33. The van der Waals surface area contributed by atoms with Crippen molar-refractivity contribution in [1.82, 2.24) is 15.1 Å². The summed E-state index contributed by atoms with van der Waals surface area (Å²) in [7, 11) is 1.65. The van der Waals surface area contributed by atoms with Crippen LogP contribution in [-0.2, 0) is 11.8 Å². The molecule has 6 heteroatoms. The third-order valence-corrected chi connectivity index (χ3v) is 2.62. The van der Waals surface area contributed by atoms with Crippen molar-refractivity contribution >= 4 is 11.9 Å².